The first-order chi connectivity index (χ1) is 7.26. The number of alkyl halides is 1. The third-order valence-electron chi connectivity index (χ3n) is 2.97. The summed E-state index contributed by atoms with van der Waals surface area (Å²) in [5.41, 5.74) is 0. The van der Waals surface area contributed by atoms with Gasteiger partial charge in [-0.05, 0) is 18.9 Å². The third kappa shape index (κ3) is 4.12. The SMILES string of the molecule is C[Si](C)(C)CCS(=O)(=O)N1CCC[C@H]1CBr. The molecule has 6 heteroatoms. The molecule has 3 nitrogen and oxygen atoms in total. The van der Waals surface area contributed by atoms with Crippen molar-refractivity contribution in [2.45, 2.75) is 44.6 Å². The van der Waals surface area contributed by atoms with E-state index in [0.717, 1.165) is 24.2 Å². The van der Waals surface area contributed by atoms with Gasteiger partial charge in [0, 0.05) is 26.0 Å². The molecule has 0 aromatic carbocycles. The largest absolute Gasteiger partial charge is 0.214 e. The molecule has 0 spiro atoms. The van der Waals surface area contributed by atoms with Crippen LogP contribution >= 0.6 is 15.9 Å². The molecule has 96 valence electrons. The van der Waals surface area contributed by atoms with Crippen LogP contribution in [0, 0.1) is 0 Å². The van der Waals surface area contributed by atoms with E-state index in [2.05, 4.69) is 35.6 Å². The van der Waals surface area contributed by atoms with E-state index in [-0.39, 0.29) is 6.04 Å². The first kappa shape index (κ1) is 14.7. The zero-order chi connectivity index (χ0) is 12.4. The Hall–Kier alpha value is 0.607. The molecule has 1 aliphatic heterocycles. The highest BCUT2D eigenvalue weighted by molar-refractivity contribution is 9.09. The van der Waals surface area contributed by atoms with Gasteiger partial charge in [-0.3, -0.25) is 0 Å². The summed E-state index contributed by atoms with van der Waals surface area (Å²) in [6, 6.07) is 1.05. The molecule has 0 amide bonds. The zero-order valence-corrected chi connectivity index (χ0v) is 13.8. The van der Waals surface area contributed by atoms with E-state index in [4.69, 9.17) is 0 Å². The minimum atomic E-state index is -3.02. The third-order valence-corrected chi connectivity index (χ3v) is 7.74. The molecule has 1 aliphatic rings. The van der Waals surface area contributed by atoms with Crippen molar-refractivity contribution in [3.8, 4) is 0 Å². The highest BCUT2D eigenvalue weighted by Crippen LogP contribution is 2.24. The number of hydrogen-bond acceptors (Lipinski definition) is 2. The lowest BCUT2D eigenvalue weighted by Crippen LogP contribution is -2.39. The van der Waals surface area contributed by atoms with Crippen molar-refractivity contribution in [2.75, 3.05) is 17.6 Å². The van der Waals surface area contributed by atoms with Gasteiger partial charge < -0.3 is 0 Å². The minimum Gasteiger partial charge on any atom is -0.212 e. The second-order valence-electron chi connectivity index (χ2n) is 5.69. The predicted molar refractivity (Wildman–Crippen MR) is 75.5 cm³/mol. The van der Waals surface area contributed by atoms with E-state index in [1.807, 2.05) is 0 Å². The highest BCUT2D eigenvalue weighted by Gasteiger charge is 2.33. The number of hydrogen-bond donors (Lipinski definition) is 0. The summed E-state index contributed by atoms with van der Waals surface area (Å²) in [7, 11) is -4.28. The molecule has 1 saturated heterocycles. The molecule has 1 rings (SSSR count). The Balaban J connectivity index is 2.63. The number of rotatable bonds is 5. The number of halogens is 1. The van der Waals surface area contributed by atoms with Crippen LogP contribution in [0.2, 0.25) is 25.7 Å². The molecule has 0 aromatic heterocycles. The number of nitrogens with zero attached hydrogens (tertiary/aromatic N) is 1. The summed E-state index contributed by atoms with van der Waals surface area (Å²) < 4.78 is 26.1. The molecule has 0 radical (unpaired) electrons. The predicted octanol–water partition coefficient (Wildman–Crippen LogP) is 2.51. The molecule has 1 atom stereocenters. The van der Waals surface area contributed by atoms with Crippen LogP contribution in [-0.2, 0) is 10.0 Å². The van der Waals surface area contributed by atoms with Gasteiger partial charge in [-0.1, -0.05) is 35.6 Å². The topological polar surface area (TPSA) is 37.4 Å². The molecule has 0 aliphatic carbocycles. The maximum absolute atomic E-state index is 12.2. The van der Waals surface area contributed by atoms with Gasteiger partial charge in [0.1, 0.15) is 0 Å². The molecular weight excluding hydrogens is 306 g/mol. The molecule has 0 saturated carbocycles. The molecule has 16 heavy (non-hydrogen) atoms. The van der Waals surface area contributed by atoms with Gasteiger partial charge in [0.25, 0.3) is 0 Å². The molecule has 0 N–H and O–H groups in total. The maximum atomic E-state index is 12.2. The van der Waals surface area contributed by atoms with Gasteiger partial charge in [-0.25, -0.2) is 8.42 Å². The van der Waals surface area contributed by atoms with Crippen LogP contribution in [0.5, 0.6) is 0 Å². The Morgan fingerprint density at radius 3 is 2.50 bits per heavy atom. The standard InChI is InChI=1S/C10H22BrNO2SSi/c1-16(2,3)8-7-15(13,14)12-6-4-5-10(12)9-11/h10H,4-9H2,1-3H3/t10-/m0/s1. The average Bonchev–Trinajstić information content (AvgIpc) is 2.62. The van der Waals surface area contributed by atoms with Crippen molar-refractivity contribution < 1.29 is 8.42 Å². The Kier molecular flexibility index (Phi) is 5.04. The van der Waals surface area contributed by atoms with Crippen LogP contribution in [0.3, 0.4) is 0 Å². The van der Waals surface area contributed by atoms with Gasteiger partial charge in [-0.2, -0.15) is 4.31 Å². The quantitative estimate of drug-likeness (QED) is 0.574. The van der Waals surface area contributed by atoms with Crippen LogP contribution in [0.4, 0.5) is 0 Å². The summed E-state index contributed by atoms with van der Waals surface area (Å²) in [5.74, 6) is 0.340. The second-order valence-corrected chi connectivity index (χ2v) is 14.0. The fourth-order valence-corrected chi connectivity index (χ4v) is 7.50. The summed E-state index contributed by atoms with van der Waals surface area (Å²) >= 11 is 3.40. The highest BCUT2D eigenvalue weighted by atomic mass is 79.9. The molecule has 0 unspecified atom stereocenters. The van der Waals surface area contributed by atoms with Crippen LogP contribution in [-0.4, -0.2) is 44.5 Å². The van der Waals surface area contributed by atoms with Crippen LogP contribution in [0.15, 0.2) is 0 Å². The Morgan fingerprint density at radius 1 is 1.38 bits per heavy atom. The summed E-state index contributed by atoms with van der Waals surface area (Å²) in [6.45, 7) is 7.36. The van der Waals surface area contributed by atoms with Gasteiger partial charge in [-0.15, -0.1) is 0 Å². The second kappa shape index (κ2) is 5.50. The Bertz CT molecular complexity index is 326. The minimum absolute atomic E-state index is 0.187. The Labute approximate surface area is 109 Å². The van der Waals surface area contributed by atoms with E-state index >= 15 is 0 Å². The summed E-state index contributed by atoms with van der Waals surface area (Å²) in [6.07, 6.45) is 2.00. The van der Waals surface area contributed by atoms with Gasteiger partial charge >= 0.3 is 0 Å². The van der Waals surface area contributed by atoms with Crippen molar-refractivity contribution in [3.05, 3.63) is 0 Å². The van der Waals surface area contributed by atoms with Crippen molar-refractivity contribution >= 4 is 34.0 Å². The number of sulfonamides is 1. The zero-order valence-electron chi connectivity index (χ0n) is 10.4. The lowest BCUT2D eigenvalue weighted by Gasteiger charge is -2.24. The lowest BCUT2D eigenvalue weighted by molar-refractivity contribution is 0.414. The molecule has 0 aromatic rings. The monoisotopic (exact) mass is 327 g/mol. The van der Waals surface area contributed by atoms with E-state index in [1.54, 1.807) is 4.31 Å². The molecule has 1 heterocycles. The van der Waals surface area contributed by atoms with E-state index < -0.39 is 18.1 Å². The first-order valence-corrected chi connectivity index (χ1v) is 12.3. The van der Waals surface area contributed by atoms with Crippen molar-refractivity contribution in [1.29, 1.82) is 0 Å². The fraction of sp³-hybridized carbons (Fsp3) is 1.00. The van der Waals surface area contributed by atoms with Crippen LogP contribution < -0.4 is 0 Å². The van der Waals surface area contributed by atoms with Crippen molar-refractivity contribution in [2.24, 2.45) is 0 Å². The lowest BCUT2D eigenvalue weighted by atomic mass is 10.3. The Morgan fingerprint density at radius 2 is 2.00 bits per heavy atom. The van der Waals surface area contributed by atoms with Crippen molar-refractivity contribution in [1.82, 2.24) is 4.31 Å². The van der Waals surface area contributed by atoms with E-state index in [0.29, 0.717) is 12.3 Å². The van der Waals surface area contributed by atoms with Gasteiger partial charge in [0.2, 0.25) is 10.0 Å². The summed E-state index contributed by atoms with van der Waals surface area (Å²) in [5, 5.41) is 0.763. The average molecular weight is 328 g/mol. The fourth-order valence-electron chi connectivity index (χ4n) is 1.88. The smallest absolute Gasteiger partial charge is 0.212 e. The normalized spacial score (nSPS) is 23.9. The maximum Gasteiger partial charge on any atom is 0.214 e. The van der Waals surface area contributed by atoms with Crippen molar-refractivity contribution in [3.63, 3.8) is 0 Å². The molecular formula is C10H22BrNO2SSi. The molecule has 1 fully saturated rings. The van der Waals surface area contributed by atoms with Crippen LogP contribution in [0.1, 0.15) is 12.8 Å². The summed E-state index contributed by atoms with van der Waals surface area (Å²) in [4.78, 5) is 0. The van der Waals surface area contributed by atoms with Gasteiger partial charge in [0.15, 0.2) is 0 Å². The molecule has 0 bridgehead atoms. The van der Waals surface area contributed by atoms with Gasteiger partial charge in [0.05, 0.1) is 5.75 Å². The first-order valence-electron chi connectivity index (χ1n) is 5.82. The van der Waals surface area contributed by atoms with Crippen LogP contribution in [0.25, 0.3) is 0 Å². The van der Waals surface area contributed by atoms with E-state index in [9.17, 15) is 8.42 Å². The van der Waals surface area contributed by atoms with E-state index in [1.165, 1.54) is 0 Å².